The number of imide groups is 2. The van der Waals surface area contributed by atoms with Crippen LogP contribution in [0, 0.1) is 0 Å². The lowest BCUT2D eigenvalue weighted by Gasteiger charge is -2.19. The number of amides is 4. The Morgan fingerprint density at radius 3 is 0.900 bits per heavy atom. The van der Waals surface area contributed by atoms with Crippen LogP contribution in [0.25, 0.3) is 43.8 Å². The Balaban J connectivity index is 1.39. The van der Waals surface area contributed by atoms with E-state index in [2.05, 4.69) is 24.3 Å². The van der Waals surface area contributed by atoms with Crippen molar-refractivity contribution in [1.82, 2.24) is 0 Å². The highest BCUT2D eigenvalue weighted by molar-refractivity contribution is 6.29. The van der Waals surface area contributed by atoms with E-state index < -0.39 is 0 Å². The number of carbonyl (C=O) groups is 4. The first-order valence-corrected chi connectivity index (χ1v) is 12.8. The van der Waals surface area contributed by atoms with Crippen molar-refractivity contribution in [1.29, 1.82) is 0 Å². The topological polar surface area (TPSA) is 74.8 Å². The molecule has 2 aliphatic heterocycles. The standard InChI is InChI=1S/C34H20N2O4/c37-29-17-18-30(38)35(29)23-13-9-21(10-14-23)33-25-5-1-2-6-26(25)34(28-8-4-3-7-27(28)33)22-11-15-24(16-12-22)36-31(39)19-20-32(36)40/h1-20H. The molecule has 0 saturated heterocycles. The van der Waals surface area contributed by atoms with Gasteiger partial charge >= 0.3 is 0 Å². The second-order valence-corrected chi connectivity index (χ2v) is 9.63. The molecule has 190 valence electrons. The molecule has 6 nitrogen and oxygen atoms in total. The largest absolute Gasteiger partial charge is 0.269 e. The lowest BCUT2D eigenvalue weighted by atomic mass is 9.86. The van der Waals surface area contributed by atoms with Crippen molar-refractivity contribution >= 4 is 56.5 Å². The summed E-state index contributed by atoms with van der Waals surface area (Å²) in [6.45, 7) is 0. The van der Waals surface area contributed by atoms with E-state index >= 15 is 0 Å². The maximum absolute atomic E-state index is 12.2. The van der Waals surface area contributed by atoms with Gasteiger partial charge in [0.1, 0.15) is 0 Å². The van der Waals surface area contributed by atoms with Crippen LogP contribution in [0.5, 0.6) is 0 Å². The molecule has 0 aliphatic carbocycles. The van der Waals surface area contributed by atoms with Crippen molar-refractivity contribution in [2.24, 2.45) is 0 Å². The molecular formula is C34H20N2O4. The summed E-state index contributed by atoms with van der Waals surface area (Å²) >= 11 is 0. The lowest BCUT2D eigenvalue weighted by molar-refractivity contribution is -0.121. The molecular weight excluding hydrogens is 500 g/mol. The van der Waals surface area contributed by atoms with Crippen LogP contribution in [0.15, 0.2) is 121 Å². The van der Waals surface area contributed by atoms with Crippen molar-refractivity contribution < 1.29 is 19.2 Å². The fraction of sp³-hybridized carbons (Fsp3) is 0. The van der Waals surface area contributed by atoms with Gasteiger partial charge in [0.2, 0.25) is 0 Å². The summed E-state index contributed by atoms with van der Waals surface area (Å²) in [6.07, 6.45) is 5.11. The van der Waals surface area contributed by atoms with Gasteiger partial charge in [-0.1, -0.05) is 72.8 Å². The predicted molar refractivity (Wildman–Crippen MR) is 156 cm³/mol. The lowest BCUT2D eigenvalue weighted by Crippen LogP contribution is -2.29. The Morgan fingerprint density at radius 1 is 0.350 bits per heavy atom. The van der Waals surface area contributed by atoms with E-state index in [1.807, 2.05) is 48.5 Å². The summed E-state index contributed by atoms with van der Waals surface area (Å²) in [6, 6.07) is 31.3. The van der Waals surface area contributed by atoms with Gasteiger partial charge in [-0.3, -0.25) is 19.2 Å². The molecule has 4 amide bonds. The highest BCUT2D eigenvalue weighted by Gasteiger charge is 2.26. The molecule has 0 saturated carbocycles. The van der Waals surface area contributed by atoms with Gasteiger partial charge < -0.3 is 0 Å². The Kier molecular flexibility index (Phi) is 5.28. The summed E-state index contributed by atoms with van der Waals surface area (Å²) in [5.41, 5.74) is 5.08. The van der Waals surface area contributed by atoms with Crippen molar-refractivity contribution in [3.8, 4) is 22.3 Å². The van der Waals surface area contributed by atoms with E-state index in [9.17, 15) is 19.2 Å². The second kappa shape index (κ2) is 8.99. The quantitative estimate of drug-likeness (QED) is 0.209. The maximum atomic E-state index is 12.2. The summed E-state index contributed by atoms with van der Waals surface area (Å²) < 4.78 is 0. The van der Waals surface area contributed by atoms with Crippen molar-refractivity contribution in [3.05, 3.63) is 121 Å². The van der Waals surface area contributed by atoms with Gasteiger partial charge in [0.05, 0.1) is 11.4 Å². The summed E-state index contributed by atoms with van der Waals surface area (Å²) in [5, 5.41) is 4.21. The fourth-order valence-electron chi connectivity index (χ4n) is 5.61. The number of fused-ring (bicyclic) bond motifs is 2. The van der Waals surface area contributed by atoms with Crippen LogP contribution < -0.4 is 9.80 Å². The molecule has 2 aliphatic rings. The molecule has 0 radical (unpaired) electrons. The number of benzene rings is 5. The average Bonchev–Trinajstić information content (AvgIpc) is 3.50. The van der Waals surface area contributed by atoms with Crippen LogP contribution in [0.3, 0.4) is 0 Å². The van der Waals surface area contributed by atoms with Crippen molar-refractivity contribution in [2.75, 3.05) is 9.80 Å². The molecule has 0 aromatic heterocycles. The zero-order chi connectivity index (χ0) is 27.4. The Hall–Kier alpha value is -5.62. The van der Waals surface area contributed by atoms with E-state index in [0.29, 0.717) is 11.4 Å². The van der Waals surface area contributed by atoms with E-state index in [1.165, 1.54) is 24.3 Å². The monoisotopic (exact) mass is 520 g/mol. The molecule has 5 aromatic carbocycles. The summed E-state index contributed by atoms with van der Waals surface area (Å²) in [7, 11) is 0. The molecule has 2 heterocycles. The molecule has 5 aromatic rings. The van der Waals surface area contributed by atoms with Gasteiger partial charge in [-0.15, -0.1) is 0 Å². The average molecular weight is 521 g/mol. The van der Waals surface area contributed by atoms with E-state index in [4.69, 9.17) is 0 Å². The third kappa shape index (κ3) is 3.58. The minimum atomic E-state index is -0.348. The Bertz CT molecular complexity index is 1730. The number of hydrogen-bond acceptors (Lipinski definition) is 4. The molecule has 7 rings (SSSR count). The first-order valence-electron chi connectivity index (χ1n) is 12.8. The number of rotatable bonds is 4. The smallest absolute Gasteiger partial charge is 0.258 e. The van der Waals surface area contributed by atoms with Crippen molar-refractivity contribution in [2.45, 2.75) is 0 Å². The number of anilines is 2. The van der Waals surface area contributed by atoms with E-state index in [1.54, 1.807) is 24.3 Å². The van der Waals surface area contributed by atoms with Crippen LogP contribution in [-0.2, 0) is 19.2 Å². The van der Waals surface area contributed by atoms with Crippen LogP contribution in [0.1, 0.15) is 0 Å². The third-order valence-corrected chi connectivity index (χ3v) is 7.38. The van der Waals surface area contributed by atoms with Crippen LogP contribution in [0.2, 0.25) is 0 Å². The first-order chi connectivity index (χ1) is 19.5. The van der Waals surface area contributed by atoms with Crippen molar-refractivity contribution in [3.63, 3.8) is 0 Å². The van der Waals surface area contributed by atoms with Crippen LogP contribution in [-0.4, -0.2) is 23.6 Å². The zero-order valence-electron chi connectivity index (χ0n) is 21.1. The van der Waals surface area contributed by atoms with Gasteiger partial charge in [-0.05, 0) is 68.1 Å². The van der Waals surface area contributed by atoms with Gasteiger partial charge in [0, 0.05) is 24.3 Å². The van der Waals surface area contributed by atoms with Gasteiger partial charge in [-0.2, -0.15) is 0 Å². The Morgan fingerprint density at radius 2 is 0.625 bits per heavy atom. The van der Waals surface area contributed by atoms with Gasteiger partial charge in [-0.25, -0.2) is 9.80 Å². The SMILES string of the molecule is O=C1C=CC(=O)N1c1ccc(-c2c3ccccc3c(-c3ccc(N4C(=O)C=CC4=O)cc3)c3ccccc23)cc1. The maximum Gasteiger partial charge on any atom is 0.258 e. The molecule has 0 unspecified atom stereocenters. The molecule has 0 spiro atoms. The molecule has 0 fully saturated rings. The number of nitrogens with zero attached hydrogens (tertiary/aromatic N) is 2. The number of hydrogen-bond donors (Lipinski definition) is 0. The second-order valence-electron chi connectivity index (χ2n) is 9.63. The van der Waals surface area contributed by atoms with E-state index in [0.717, 1.165) is 53.6 Å². The minimum Gasteiger partial charge on any atom is -0.269 e. The van der Waals surface area contributed by atoms with E-state index in [-0.39, 0.29) is 23.6 Å². The van der Waals surface area contributed by atoms with Crippen LogP contribution >= 0.6 is 0 Å². The highest BCUT2D eigenvalue weighted by atomic mass is 16.2. The highest BCUT2D eigenvalue weighted by Crippen LogP contribution is 2.44. The molecule has 0 bridgehead atoms. The summed E-state index contributed by atoms with van der Waals surface area (Å²) in [4.78, 5) is 51.0. The first kappa shape index (κ1) is 23.5. The molecule has 0 N–H and O–H groups in total. The zero-order valence-corrected chi connectivity index (χ0v) is 21.1. The fourth-order valence-corrected chi connectivity index (χ4v) is 5.61. The Labute approximate surface area is 229 Å². The number of carbonyl (C=O) groups excluding carboxylic acids is 4. The van der Waals surface area contributed by atoms with Gasteiger partial charge in [0.15, 0.2) is 0 Å². The minimum absolute atomic E-state index is 0.348. The van der Waals surface area contributed by atoms with Crippen LogP contribution in [0.4, 0.5) is 11.4 Å². The molecule has 40 heavy (non-hydrogen) atoms. The summed E-state index contributed by atoms with van der Waals surface area (Å²) in [5.74, 6) is -1.39. The molecule has 6 heteroatoms. The van der Waals surface area contributed by atoms with Gasteiger partial charge in [0.25, 0.3) is 23.6 Å². The normalized spacial score (nSPS) is 14.9. The predicted octanol–water partition coefficient (Wildman–Crippen LogP) is 6.19. The third-order valence-electron chi connectivity index (χ3n) is 7.38. The molecule has 0 atom stereocenters.